The Bertz CT molecular complexity index is 714. The topological polar surface area (TPSA) is 63.8 Å². The highest BCUT2D eigenvalue weighted by molar-refractivity contribution is 9.11. The standard InChI is InChI=1S/C15H13Br3N2O3/c1-8-3-12(17)15(13(18)4-8)22-7-14(21)20-19-6-10-5-11(16)9(2)23-10/h3-6H,7H2,1-2H3,(H,20,21). The number of nitrogens with one attached hydrogen (secondary N) is 1. The Labute approximate surface area is 158 Å². The fourth-order valence-electron chi connectivity index (χ4n) is 1.71. The lowest BCUT2D eigenvalue weighted by atomic mass is 10.2. The van der Waals surface area contributed by atoms with Crippen molar-refractivity contribution >= 4 is 59.9 Å². The van der Waals surface area contributed by atoms with Crippen molar-refractivity contribution < 1.29 is 13.9 Å². The van der Waals surface area contributed by atoms with Gasteiger partial charge in [-0.25, -0.2) is 5.43 Å². The van der Waals surface area contributed by atoms with Crippen LogP contribution in [0.4, 0.5) is 0 Å². The van der Waals surface area contributed by atoms with Crippen LogP contribution in [0.25, 0.3) is 0 Å². The number of amides is 1. The third-order valence-corrected chi connectivity index (χ3v) is 4.71. The summed E-state index contributed by atoms with van der Waals surface area (Å²) in [6, 6.07) is 5.59. The molecule has 1 heterocycles. The Hall–Kier alpha value is -1.12. The van der Waals surface area contributed by atoms with Gasteiger partial charge in [-0.1, -0.05) is 0 Å². The van der Waals surface area contributed by atoms with E-state index in [9.17, 15) is 4.79 Å². The molecule has 1 aromatic carbocycles. The number of hydrazone groups is 1. The van der Waals surface area contributed by atoms with Gasteiger partial charge in [0.15, 0.2) is 6.61 Å². The maximum absolute atomic E-state index is 11.7. The second-order valence-corrected chi connectivity index (χ2v) is 7.26. The fraction of sp³-hybridized carbons (Fsp3) is 0.200. The second-order valence-electron chi connectivity index (χ2n) is 4.69. The first-order valence-corrected chi connectivity index (χ1v) is 8.91. The first-order chi connectivity index (χ1) is 10.9. The minimum atomic E-state index is -0.372. The molecule has 0 spiro atoms. The molecule has 8 heteroatoms. The average Bonchev–Trinajstić information content (AvgIpc) is 2.76. The highest BCUT2D eigenvalue weighted by Crippen LogP contribution is 2.34. The number of hydrogen-bond donors (Lipinski definition) is 1. The lowest BCUT2D eigenvalue weighted by Crippen LogP contribution is -2.24. The summed E-state index contributed by atoms with van der Waals surface area (Å²) in [5, 5.41) is 3.82. The maximum atomic E-state index is 11.7. The van der Waals surface area contributed by atoms with Gasteiger partial charge in [-0.2, -0.15) is 5.10 Å². The quantitative estimate of drug-likeness (QED) is 0.470. The Balaban J connectivity index is 1.88. The van der Waals surface area contributed by atoms with E-state index in [-0.39, 0.29) is 12.5 Å². The number of rotatable bonds is 5. The van der Waals surface area contributed by atoms with Crippen LogP contribution in [0.5, 0.6) is 5.75 Å². The third-order valence-electron chi connectivity index (χ3n) is 2.75. The molecule has 5 nitrogen and oxygen atoms in total. The van der Waals surface area contributed by atoms with Gasteiger partial charge < -0.3 is 9.15 Å². The molecule has 0 saturated carbocycles. The molecule has 0 saturated heterocycles. The van der Waals surface area contributed by atoms with Crippen molar-refractivity contribution in [3.05, 3.63) is 48.7 Å². The van der Waals surface area contributed by atoms with Gasteiger partial charge in [0.1, 0.15) is 17.3 Å². The first-order valence-electron chi connectivity index (χ1n) is 6.53. The Morgan fingerprint density at radius 1 is 1.22 bits per heavy atom. The summed E-state index contributed by atoms with van der Waals surface area (Å²) in [6.07, 6.45) is 1.42. The smallest absolute Gasteiger partial charge is 0.277 e. The van der Waals surface area contributed by atoms with Gasteiger partial charge in [0.25, 0.3) is 5.91 Å². The molecule has 0 aliphatic carbocycles. The minimum absolute atomic E-state index is 0.154. The van der Waals surface area contributed by atoms with Crippen LogP contribution in [0, 0.1) is 13.8 Å². The van der Waals surface area contributed by atoms with E-state index in [1.54, 1.807) is 6.07 Å². The summed E-state index contributed by atoms with van der Waals surface area (Å²) in [4.78, 5) is 11.7. The molecule has 0 radical (unpaired) electrons. The van der Waals surface area contributed by atoms with Gasteiger partial charge in [0.2, 0.25) is 0 Å². The lowest BCUT2D eigenvalue weighted by molar-refractivity contribution is -0.123. The number of carbonyl (C=O) groups is 1. The molecule has 0 bridgehead atoms. The van der Waals surface area contributed by atoms with Gasteiger partial charge in [-0.05, 0) is 79.3 Å². The van der Waals surface area contributed by atoms with E-state index < -0.39 is 0 Å². The van der Waals surface area contributed by atoms with E-state index in [1.165, 1.54) is 6.21 Å². The zero-order chi connectivity index (χ0) is 17.0. The SMILES string of the molecule is Cc1cc(Br)c(OCC(=O)NN=Cc2cc(Br)c(C)o2)c(Br)c1. The van der Waals surface area contributed by atoms with Crippen LogP contribution in [-0.2, 0) is 4.79 Å². The van der Waals surface area contributed by atoms with Gasteiger partial charge >= 0.3 is 0 Å². The Kier molecular flexibility index (Phi) is 6.43. The molecule has 2 aromatic rings. The third kappa shape index (κ3) is 5.19. The highest BCUT2D eigenvalue weighted by atomic mass is 79.9. The molecule has 23 heavy (non-hydrogen) atoms. The lowest BCUT2D eigenvalue weighted by Gasteiger charge is -2.10. The van der Waals surface area contributed by atoms with E-state index in [0.29, 0.717) is 11.5 Å². The summed E-state index contributed by atoms with van der Waals surface area (Å²) >= 11 is 10.1. The number of hydrogen-bond acceptors (Lipinski definition) is 4. The van der Waals surface area contributed by atoms with E-state index in [2.05, 4.69) is 58.3 Å². The maximum Gasteiger partial charge on any atom is 0.277 e. The van der Waals surface area contributed by atoms with Crippen molar-refractivity contribution in [1.29, 1.82) is 0 Å². The van der Waals surface area contributed by atoms with Gasteiger partial charge in [0, 0.05) is 6.07 Å². The molecule has 0 aliphatic heterocycles. The van der Waals surface area contributed by atoms with E-state index >= 15 is 0 Å². The van der Waals surface area contributed by atoms with Crippen molar-refractivity contribution in [1.82, 2.24) is 5.43 Å². The highest BCUT2D eigenvalue weighted by Gasteiger charge is 2.10. The predicted molar refractivity (Wildman–Crippen MR) is 99.0 cm³/mol. The Morgan fingerprint density at radius 2 is 1.87 bits per heavy atom. The van der Waals surface area contributed by atoms with E-state index in [0.717, 1.165) is 24.7 Å². The summed E-state index contributed by atoms with van der Waals surface area (Å²) < 4.78 is 13.3. The molecule has 0 unspecified atom stereocenters. The molecule has 2 rings (SSSR count). The van der Waals surface area contributed by atoms with Gasteiger partial charge in [0.05, 0.1) is 19.6 Å². The summed E-state index contributed by atoms with van der Waals surface area (Å²) in [5.41, 5.74) is 3.45. The van der Waals surface area contributed by atoms with Crippen LogP contribution in [-0.4, -0.2) is 18.7 Å². The first kappa shape index (κ1) is 18.2. The number of furan rings is 1. The average molecular weight is 509 g/mol. The normalized spacial score (nSPS) is 11.0. The van der Waals surface area contributed by atoms with Crippen LogP contribution < -0.4 is 10.2 Å². The molecular formula is C15H13Br3N2O3. The number of nitrogens with zero attached hydrogens (tertiary/aromatic N) is 1. The zero-order valence-electron chi connectivity index (χ0n) is 12.3. The van der Waals surface area contributed by atoms with Crippen molar-refractivity contribution in [3.8, 4) is 5.75 Å². The number of ether oxygens (including phenoxy) is 1. The number of aryl methyl sites for hydroxylation is 2. The van der Waals surface area contributed by atoms with Gasteiger partial charge in [-0.3, -0.25) is 4.79 Å². The number of benzene rings is 1. The van der Waals surface area contributed by atoms with Crippen LogP contribution >= 0.6 is 47.8 Å². The second kappa shape index (κ2) is 8.12. The largest absolute Gasteiger partial charge is 0.481 e. The molecule has 0 atom stereocenters. The van der Waals surface area contributed by atoms with E-state index in [1.807, 2.05) is 26.0 Å². The van der Waals surface area contributed by atoms with Crippen LogP contribution in [0.15, 0.2) is 41.1 Å². The van der Waals surface area contributed by atoms with Crippen molar-refractivity contribution in [2.24, 2.45) is 5.10 Å². The molecule has 122 valence electrons. The summed E-state index contributed by atoms with van der Waals surface area (Å²) in [7, 11) is 0. The molecule has 0 aliphatic rings. The molecule has 0 fully saturated rings. The monoisotopic (exact) mass is 506 g/mol. The molecular weight excluding hydrogens is 496 g/mol. The minimum Gasteiger partial charge on any atom is -0.481 e. The Morgan fingerprint density at radius 3 is 2.43 bits per heavy atom. The number of halogens is 3. The van der Waals surface area contributed by atoms with Crippen molar-refractivity contribution in [3.63, 3.8) is 0 Å². The van der Waals surface area contributed by atoms with Crippen molar-refractivity contribution in [2.45, 2.75) is 13.8 Å². The predicted octanol–water partition coefficient (Wildman–Crippen LogP) is 4.71. The zero-order valence-corrected chi connectivity index (χ0v) is 17.1. The van der Waals surface area contributed by atoms with Crippen molar-refractivity contribution in [2.75, 3.05) is 6.61 Å². The summed E-state index contributed by atoms with van der Waals surface area (Å²) in [6.45, 7) is 3.64. The molecule has 1 N–H and O–H groups in total. The van der Waals surface area contributed by atoms with Crippen LogP contribution in [0.1, 0.15) is 17.1 Å². The van der Waals surface area contributed by atoms with Crippen LogP contribution in [0.2, 0.25) is 0 Å². The number of carbonyl (C=O) groups excluding carboxylic acids is 1. The van der Waals surface area contributed by atoms with Gasteiger partial charge in [-0.15, -0.1) is 0 Å². The summed E-state index contributed by atoms with van der Waals surface area (Å²) in [5.74, 6) is 1.48. The van der Waals surface area contributed by atoms with E-state index in [4.69, 9.17) is 9.15 Å². The molecule has 1 amide bonds. The molecule has 1 aromatic heterocycles. The fourth-order valence-corrected chi connectivity index (χ4v) is 3.66. The van der Waals surface area contributed by atoms with Crippen LogP contribution in [0.3, 0.4) is 0 Å².